The predicted octanol–water partition coefficient (Wildman–Crippen LogP) is 4.24. The van der Waals surface area contributed by atoms with Crippen LogP contribution in [-0.4, -0.2) is 32.3 Å². The average molecular weight is 444 g/mol. The number of unbranched alkanes of at least 4 members (excludes halogenated alkanes) is 2. The molecule has 6 nitrogen and oxygen atoms in total. The minimum Gasteiger partial charge on any atom is -0.362 e. The number of aromatic nitrogens is 1. The second kappa shape index (κ2) is 10.5. The first-order chi connectivity index (χ1) is 14.5. The number of carbonyl (C=O) groups is 1. The van der Waals surface area contributed by atoms with Crippen LogP contribution in [-0.2, 0) is 10.0 Å². The van der Waals surface area contributed by atoms with Gasteiger partial charge in [-0.05, 0) is 37.5 Å². The highest BCUT2D eigenvalue weighted by Gasteiger charge is 2.15. The Morgan fingerprint density at radius 1 is 0.967 bits per heavy atom. The van der Waals surface area contributed by atoms with Crippen molar-refractivity contribution in [2.24, 2.45) is 0 Å². The Bertz CT molecular complexity index is 1080. The molecule has 2 N–H and O–H groups in total. The van der Waals surface area contributed by atoms with Crippen molar-refractivity contribution in [3.05, 3.63) is 76.8 Å². The highest BCUT2D eigenvalue weighted by molar-refractivity contribution is 7.89. The first-order valence-electron chi connectivity index (χ1n) is 9.82. The predicted molar refractivity (Wildman–Crippen MR) is 121 cm³/mol. The van der Waals surface area contributed by atoms with Gasteiger partial charge in [0.1, 0.15) is 0 Å². The summed E-state index contributed by atoms with van der Waals surface area (Å²) in [5, 5.41) is 3.95. The molecular weight excluding hydrogens is 418 g/mol. The fourth-order valence-corrected chi connectivity index (χ4v) is 4.82. The summed E-state index contributed by atoms with van der Waals surface area (Å²) >= 11 is 1.35. The van der Waals surface area contributed by atoms with E-state index in [2.05, 4.69) is 15.0 Å². The van der Waals surface area contributed by atoms with Gasteiger partial charge in [0.2, 0.25) is 15.8 Å². The lowest BCUT2D eigenvalue weighted by molar-refractivity contribution is 0.104. The lowest BCUT2D eigenvalue weighted by atomic mass is 10.0. The van der Waals surface area contributed by atoms with Crippen LogP contribution in [0.4, 0.5) is 5.13 Å². The summed E-state index contributed by atoms with van der Waals surface area (Å²) in [7, 11) is -3.43. The first-order valence-corrected chi connectivity index (χ1v) is 12.1. The van der Waals surface area contributed by atoms with Crippen LogP contribution >= 0.6 is 11.3 Å². The van der Waals surface area contributed by atoms with Crippen LogP contribution in [0, 0.1) is 6.92 Å². The summed E-state index contributed by atoms with van der Waals surface area (Å²) in [5.74, 6) is -0.00986. The van der Waals surface area contributed by atoms with E-state index in [1.54, 1.807) is 36.5 Å². The number of aryl methyl sites for hydroxylation is 1. The third kappa shape index (κ3) is 5.98. The summed E-state index contributed by atoms with van der Waals surface area (Å²) in [5.41, 5.74) is 1.65. The van der Waals surface area contributed by atoms with Gasteiger partial charge in [-0.25, -0.2) is 18.1 Å². The molecule has 158 valence electrons. The van der Waals surface area contributed by atoms with Gasteiger partial charge in [-0.2, -0.15) is 0 Å². The number of sulfonamides is 1. The normalized spacial score (nSPS) is 11.4. The van der Waals surface area contributed by atoms with E-state index in [-0.39, 0.29) is 10.7 Å². The molecule has 0 fully saturated rings. The van der Waals surface area contributed by atoms with Crippen molar-refractivity contribution in [1.82, 2.24) is 9.71 Å². The molecule has 0 aliphatic carbocycles. The van der Waals surface area contributed by atoms with Gasteiger partial charge in [0.15, 0.2) is 5.13 Å². The van der Waals surface area contributed by atoms with Gasteiger partial charge >= 0.3 is 0 Å². The molecule has 2 aromatic carbocycles. The molecule has 0 amide bonds. The number of anilines is 1. The van der Waals surface area contributed by atoms with Crippen LogP contribution < -0.4 is 10.0 Å². The number of hydrogen-bond donors (Lipinski definition) is 2. The minimum absolute atomic E-state index is 0.00986. The molecule has 0 saturated carbocycles. The van der Waals surface area contributed by atoms with Crippen molar-refractivity contribution in [3.8, 4) is 0 Å². The van der Waals surface area contributed by atoms with Gasteiger partial charge in [0.25, 0.3) is 0 Å². The first kappa shape index (κ1) is 22.1. The Hall–Kier alpha value is -2.55. The number of carbonyl (C=O) groups excluding carboxylic acids is 1. The van der Waals surface area contributed by atoms with Crippen molar-refractivity contribution in [2.75, 3.05) is 18.4 Å². The topological polar surface area (TPSA) is 88.2 Å². The van der Waals surface area contributed by atoms with Gasteiger partial charge in [-0.3, -0.25) is 4.79 Å². The van der Waals surface area contributed by atoms with Gasteiger partial charge in [0.05, 0.1) is 16.0 Å². The van der Waals surface area contributed by atoms with E-state index in [9.17, 15) is 13.2 Å². The maximum absolute atomic E-state index is 12.6. The maximum atomic E-state index is 12.6. The smallest absolute Gasteiger partial charge is 0.240 e. The van der Waals surface area contributed by atoms with Gasteiger partial charge in [-0.1, -0.05) is 60.2 Å². The van der Waals surface area contributed by atoms with Crippen LogP contribution in [0.1, 0.15) is 40.1 Å². The number of ketones is 1. The van der Waals surface area contributed by atoms with E-state index in [0.29, 0.717) is 17.0 Å². The largest absolute Gasteiger partial charge is 0.362 e. The molecule has 0 aliphatic heterocycles. The molecule has 0 atom stereocenters. The van der Waals surface area contributed by atoms with E-state index >= 15 is 0 Å². The fraction of sp³-hybridized carbons (Fsp3) is 0.273. The van der Waals surface area contributed by atoms with Crippen LogP contribution in [0.25, 0.3) is 0 Å². The summed E-state index contributed by atoms with van der Waals surface area (Å²) in [4.78, 5) is 17.8. The van der Waals surface area contributed by atoms with E-state index < -0.39 is 10.0 Å². The van der Waals surface area contributed by atoms with Crippen LogP contribution in [0.15, 0.2) is 65.7 Å². The number of thiazole rings is 1. The monoisotopic (exact) mass is 443 g/mol. The molecular formula is C22H25N3O3S2. The Balaban J connectivity index is 1.37. The molecule has 0 saturated heterocycles. The summed E-state index contributed by atoms with van der Waals surface area (Å²) in [6.45, 7) is 3.05. The Morgan fingerprint density at radius 2 is 1.67 bits per heavy atom. The lowest BCUT2D eigenvalue weighted by Crippen LogP contribution is -2.24. The van der Waals surface area contributed by atoms with Gasteiger partial charge in [0, 0.05) is 18.7 Å². The fourth-order valence-electron chi connectivity index (χ4n) is 2.93. The Kier molecular flexibility index (Phi) is 7.73. The highest BCUT2D eigenvalue weighted by atomic mass is 32.2. The molecule has 3 rings (SSSR count). The number of nitrogens with zero attached hydrogens (tertiary/aromatic N) is 1. The molecule has 0 unspecified atom stereocenters. The molecule has 0 radical (unpaired) electrons. The SMILES string of the molecule is Cc1ccccc1C(=O)c1cnc(NCCCCCNS(=O)(=O)c2ccccc2)s1. The molecule has 30 heavy (non-hydrogen) atoms. The second-order valence-corrected chi connectivity index (χ2v) is 9.67. The van der Waals surface area contributed by atoms with Crippen molar-refractivity contribution in [3.63, 3.8) is 0 Å². The average Bonchev–Trinajstić information content (AvgIpc) is 3.22. The molecule has 1 aromatic heterocycles. The van der Waals surface area contributed by atoms with Gasteiger partial charge in [-0.15, -0.1) is 0 Å². The van der Waals surface area contributed by atoms with E-state index in [1.807, 2.05) is 31.2 Å². The molecule has 3 aromatic rings. The Morgan fingerprint density at radius 3 is 2.43 bits per heavy atom. The number of hydrogen-bond acceptors (Lipinski definition) is 6. The minimum atomic E-state index is -3.43. The van der Waals surface area contributed by atoms with Crippen molar-refractivity contribution in [1.29, 1.82) is 0 Å². The van der Waals surface area contributed by atoms with Crippen molar-refractivity contribution >= 4 is 32.3 Å². The maximum Gasteiger partial charge on any atom is 0.240 e. The molecule has 0 spiro atoms. The van der Waals surface area contributed by atoms with E-state index in [1.165, 1.54) is 11.3 Å². The van der Waals surface area contributed by atoms with Crippen molar-refractivity contribution in [2.45, 2.75) is 31.1 Å². The lowest BCUT2D eigenvalue weighted by Gasteiger charge is -2.07. The third-order valence-electron chi connectivity index (χ3n) is 4.59. The molecule has 0 bridgehead atoms. The van der Waals surface area contributed by atoms with E-state index in [0.717, 1.165) is 36.5 Å². The third-order valence-corrected chi connectivity index (χ3v) is 7.03. The molecule has 8 heteroatoms. The molecule has 0 aliphatic rings. The summed E-state index contributed by atoms with van der Waals surface area (Å²) < 4.78 is 26.9. The number of rotatable bonds is 11. The van der Waals surface area contributed by atoms with Gasteiger partial charge < -0.3 is 5.32 Å². The second-order valence-electron chi connectivity index (χ2n) is 6.87. The zero-order valence-corrected chi connectivity index (χ0v) is 18.4. The zero-order valence-electron chi connectivity index (χ0n) is 16.8. The zero-order chi connectivity index (χ0) is 21.4. The van der Waals surface area contributed by atoms with Crippen molar-refractivity contribution < 1.29 is 13.2 Å². The van der Waals surface area contributed by atoms with Crippen LogP contribution in [0.5, 0.6) is 0 Å². The molecule has 1 heterocycles. The number of benzene rings is 2. The number of nitrogens with one attached hydrogen (secondary N) is 2. The van der Waals surface area contributed by atoms with E-state index in [4.69, 9.17) is 0 Å². The Labute approximate surface area is 181 Å². The summed E-state index contributed by atoms with van der Waals surface area (Å²) in [6, 6.07) is 15.9. The standard InChI is InChI=1S/C22H25N3O3S2/c1-17-10-6-7-13-19(17)21(26)20-16-24-22(29-20)23-14-8-3-9-15-25-30(27,28)18-11-4-2-5-12-18/h2,4-7,10-13,16,25H,3,8-9,14-15H2,1H3,(H,23,24). The van der Waals surface area contributed by atoms with Crippen LogP contribution in [0.3, 0.4) is 0 Å². The highest BCUT2D eigenvalue weighted by Crippen LogP contribution is 2.22. The van der Waals surface area contributed by atoms with Crippen LogP contribution in [0.2, 0.25) is 0 Å². The quantitative estimate of drug-likeness (QED) is 0.342. The summed E-state index contributed by atoms with van der Waals surface area (Å²) in [6.07, 6.45) is 4.13.